The first-order valence-electron chi connectivity index (χ1n) is 10.9. The van der Waals surface area contributed by atoms with Crippen molar-refractivity contribution in [1.29, 1.82) is 0 Å². The molecule has 0 radical (unpaired) electrons. The molecule has 3 aromatic rings. The normalized spacial score (nSPS) is 16.6. The van der Waals surface area contributed by atoms with Crippen LogP contribution in [0.1, 0.15) is 40.9 Å². The van der Waals surface area contributed by atoms with Gasteiger partial charge in [-0.2, -0.15) is 0 Å². The van der Waals surface area contributed by atoms with Crippen LogP contribution in [0.4, 0.5) is 5.69 Å². The second-order valence-electron chi connectivity index (χ2n) is 8.15. The third kappa shape index (κ3) is 4.37. The number of hydrogen-bond donors (Lipinski definition) is 0. The van der Waals surface area contributed by atoms with Gasteiger partial charge in [-0.3, -0.25) is 14.4 Å². The molecular weight excluding hydrogens is 416 g/mol. The fraction of sp³-hybridized carbons (Fsp3) is 0.222. The van der Waals surface area contributed by atoms with E-state index in [9.17, 15) is 14.4 Å². The predicted molar refractivity (Wildman–Crippen MR) is 126 cm³/mol. The third-order valence-electron chi connectivity index (χ3n) is 6.00. The van der Waals surface area contributed by atoms with Crippen molar-refractivity contribution >= 4 is 23.4 Å². The van der Waals surface area contributed by atoms with Crippen LogP contribution in [0.3, 0.4) is 0 Å². The highest BCUT2D eigenvalue weighted by molar-refractivity contribution is 6.23. The Hall–Kier alpha value is -3.93. The van der Waals surface area contributed by atoms with Gasteiger partial charge in [-0.1, -0.05) is 54.1 Å². The molecule has 3 aromatic carbocycles. The van der Waals surface area contributed by atoms with E-state index in [-0.39, 0.29) is 18.2 Å². The van der Waals surface area contributed by atoms with Crippen LogP contribution in [0.2, 0.25) is 0 Å². The molecule has 3 amide bonds. The molecule has 2 unspecified atom stereocenters. The van der Waals surface area contributed by atoms with Gasteiger partial charge in [0.1, 0.15) is 11.8 Å². The maximum absolute atomic E-state index is 13.7. The Morgan fingerprint density at radius 3 is 2.36 bits per heavy atom. The molecule has 6 heteroatoms. The highest BCUT2D eigenvalue weighted by Gasteiger charge is 2.46. The Labute approximate surface area is 193 Å². The SMILES string of the molecule is COc1cccc(C(=O)N(C2CC(=O)N(c3ccc(C)cc3)C2=O)C(C)c2ccccc2)c1. The van der Waals surface area contributed by atoms with Gasteiger partial charge in [0.15, 0.2) is 0 Å². The van der Waals surface area contributed by atoms with E-state index in [0.29, 0.717) is 17.0 Å². The maximum atomic E-state index is 13.7. The first kappa shape index (κ1) is 22.3. The second kappa shape index (κ2) is 9.28. The van der Waals surface area contributed by atoms with Crippen LogP contribution in [-0.2, 0) is 9.59 Å². The third-order valence-corrected chi connectivity index (χ3v) is 6.00. The van der Waals surface area contributed by atoms with Crippen molar-refractivity contribution in [3.63, 3.8) is 0 Å². The molecule has 2 atom stereocenters. The van der Waals surface area contributed by atoms with E-state index >= 15 is 0 Å². The van der Waals surface area contributed by atoms with Crippen LogP contribution < -0.4 is 9.64 Å². The van der Waals surface area contributed by atoms with Gasteiger partial charge in [0.25, 0.3) is 11.8 Å². The number of hydrogen-bond acceptors (Lipinski definition) is 4. The fourth-order valence-corrected chi connectivity index (χ4v) is 4.18. The van der Waals surface area contributed by atoms with Gasteiger partial charge in [-0.05, 0) is 49.7 Å². The average Bonchev–Trinajstić information content (AvgIpc) is 3.13. The van der Waals surface area contributed by atoms with Gasteiger partial charge >= 0.3 is 0 Å². The molecular formula is C27H26N2O4. The number of imide groups is 1. The summed E-state index contributed by atoms with van der Waals surface area (Å²) in [5, 5.41) is 0. The molecule has 1 aliphatic rings. The number of nitrogens with zero attached hydrogens (tertiary/aromatic N) is 2. The van der Waals surface area contributed by atoms with Crippen LogP contribution >= 0.6 is 0 Å². The van der Waals surface area contributed by atoms with Crippen LogP contribution in [0.5, 0.6) is 5.75 Å². The van der Waals surface area contributed by atoms with E-state index in [4.69, 9.17) is 4.74 Å². The van der Waals surface area contributed by atoms with E-state index in [0.717, 1.165) is 11.1 Å². The van der Waals surface area contributed by atoms with Crippen molar-refractivity contribution in [3.05, 3.63) is 95.6 Å². The summed E-state index contributed by atoms with van der Waals surface area (Å²) in [6, 6.07) is 22.2. The van der Waals surface area contributed by atoms with Gasteiger partial charge < -0.3 is 9.64 Å². The van der Waals surface area contributed by atoms with E-state index < -0.39 is 18.0 Å². The molecule has 1 aliphatic heterocycles. The predicted octanol–water partition coefficient (Wildman–Crippen LogP) is 4.54. The minimum Gasteiger partial charge on any atom is -0.497 e. The molecule has 0 saturated carbocycles. The van der Waals surface area contributed by atoms with E-state index in [2.05, 4.69) is 0 Å². The number of anilines is 1. The highest BCUT2D eigenvalue weighted by Crippen LogP contribution is 2.33. The van der Waals surface area contributed by atoms with Crippen LogP contribution in [0.25, 0.3) is 0 Å². The topological polar surface area (TPSA) is 66.9 Å². The summed E-state index contributed by atoms with van der Waals surface area (Å²) in [4.78, 5) is 42.9. The summed E-state index contributed by atoms with van der Waals surface area (Å²) >= 11 is 0. The Balaban J connectivity index is 1.74. The van der Waals surface area contributed by atoms with E-state index in [1.165, 1.54) is 16.9 Å². The van der Waals surface area contributed by atoms with Crippen molar-refractivity contribution in [2.75, 3.05) is 12.0 Å². The van der Waals surface area contributed by atoms with Gasteiger partial charge in [0.05, 0.1) is 25.3 Å². The van der Waals surface area contributed by atoms with Crippen molar-refractivity contribution < 1.29 is 19.1 Å². The summed E-state index contributed by atoms with van der Waals surface area (Å²) in [7, 11) is 1.53. The van der Waals surface area contributed by atoms with Crippen molar-refractivity contribution in [2.24, 2.45) is 0 Å². The number of ether oxygens (including phenoxy) is 1. The van der Waals surface area contributed by atoms with Crippen molar-refractivity contribution in [3.8, 4) is 5.75 Å². The van der Waals surface area contributed by atoms with Gasteiger partial charge in [-0.15, -0.1) is 0 Å². The summed E-state index contributed by atoms with van der Waals surface area (Å²) in [5.74, 6) is -0.508. The Bertz CT molecular complexity index is 1170. The van der Waals surface area contributed by atoms with Gasteiger partial charge in [0, 0.05) is 5.56 Å². The van der Waals surface area contributed by atoms with Crippen LogP contribution in [0.15, 0.2) is 78.9 Å². The van der Waals surface area contributed by atoms with Gasteiger partial charge in [0.2, 0.25) is 5.91 Å². The number of benzene rings is 3. The molecule has 1 heterocycles. The van der Waals surface area contributed by atoms with Crippen molar-refractivity contribution in [1.82, 2.24) is 4.90 Å². The molecule has 33 heavy (non-hydrogen) atoms. The zero-order valence-electron chi connectivity index (χ0n) is 18.9. The van der Waals surface area contributed by atoms with Gasteiger partial charge in [-0.25, -0.2) is 4.90 Å². The highest BCUT2D eigenvalue weighted by atomic mass is 16.5. The van der Waals surface area contributed by atoms with Crippen LogP contribution in [-0.4, -0.2) is 35.8 Å². The number of aryl methyl sites for hydroxylation is 1. The summed E-state index contributed by atoms with van der Waals surface area (Å²) in [6.07, 6.45) is -0.0698. The molecule has 1 fully saturated rings. The fourth-order valence-electron chi connectivity index (χ4n) is 4.18. The second-order valence-corrected chi connectivity index (χ2v) is 8.15. The lowest BCUT2D eigenvalue weighted by Gasteiger charge is -2.33. The first-order valence-corrected chi connectivity index (χ1v) is 10.9. The lowest BCUT2D eigenvalue weighted by molar-refractivity contribution is -0.122. The number of rotatable bonds is 6. The number of methoxy groups -OCH3 is 1. The quantitative estimate of drug-likeness (QED) is 0.526. The molecule has 0 bridgehead atoms. The standard InChI is InChI=1S/C27H26N2O4/c1-18-12-14-22(15-13-18)29-25(30)17-24(27(29)32)28(19(2)20-8-5-4-6-9-20)26(31)21-10-7-11-23(16-21)33-3/h4-16,19,24H,17H2,1-3H3. The number of carbonyl (C=O) groups is 3. The molecule has 168 valence electrons. The molecule has 1 saturated heterocycles. The minimum absolute atomic E-state index is 0.0698. The van der Waals surface area contributed by atoms with E-state index in [1.54, 1.807) is 36.4 Å². The van der Waals surface area contributed by atoms with Crippen LogP contribution in [0, 0.1) is 6.92 Å². The average molecular weight is 443 g/mol. The molecule has 0 spiro atoms. The minimum atomic E-state index is -0.910. The zero-order valence-corrected chi connectivity index (χ0v) is 18.9. The number of amides is 3. The zero-order chi connectivity index (χ0) is 23.5. The lowest BCUT2D eigenvalue weighted by Crippen LogP contribution is -2.46. The molecule has 6 nitrogen and oxygen atoms in total. The van der Waals surface area contributed by atoms with Crippen molar-refractivity contribution in [2.45, 2.75) is 32.4 Å². The van der Waals surface area contributed by atoms with E-state index in [1.807, 2.05) is 56.3 Å². The summed E-state index contributed by atoms with van der Waals surface area (Å²) < 4.78 is 5.28. The number of carbonyl (C=O) groups excluding carboxylic acids is 3. The maximum Gasteiger partial charge on any atom is 0.257 e. The largest absolute Gasteiger partial charge is 0.497 e. The Morgan fingerprint density at radius 2 is 1.70 bits per heavy atom. The smallest absolute Gasteiger partial charge is 0.257 e. The summed E-state index contributed by atoms with van der Waals surface area (Å²) in [5.41, 5.74) is 2.81. The Morgan fingerprint density at radius 1 is 1.00 bits per heavy atom. The molecule has 0 aliphatic carbocycles. The Kier molecular flexibility index (Phi) is 6.27. The molecule has 0 aromatic heterocycles. The first-order chi connectivity index (χ1) is 15.9. The lowest BCUT2D eigenvalue weighted by atomic mass is 10.0. The summed E-state index contributed by atoms with van der Waals surface area (Å²) in [6.45, 7) is 3.82. The monoisotopic (exact) mass is 442 g/mol. The molecule has 4 rings (SSSR count). The molecule has 0 N–H and O–H groups in total.